The topological polar surface area (TPSA) is 90.1 Å². The van der Waals surface area contributed by atoms with E-state index in [-0.39, 0.29) is 5.89 Å². The van der Waals surface area contributed by atoms with E-state index in [0.29, 0.717) is 24.9 Å². The molecule has 0 saturated heterocycles. The number of rotatable bonds is 6. The van der Waals surface area contributed by atoms with Crippen molar-refractivity contribution >= 4 is 5.91 Å². The summed E-state index contributed by atoms with van der Waals surface area (Å²) in [7, 11) is 1.55. The predicted molar refractivity (Wildman–Crippen MR) is 69.9 cm³/mol. The van der Waals surface area contributed by atoms with Gasteiger partial charge in [0.15, 0.2) is 17.3 Å². The van der Waals surface area contributed by atoms with Crippen LogP contribution in [0.3, 0.4) is 0 Å². The molecular weight excluding hydrogens is 298 g/mol. The van der Waals surface area contributed by atoms with Crippen LogP contribution >= 0.6 is 0 Å². The smallest absolute Gasteiger partial charge is 0.273 e. The number of hydrogen-bond donors (Lipinski definition) is 1. The third kappa shape index (κ3) is 3.82. The van der Waals surface area contributed by atoms with Crippen molar-refractivity contribution in [2.24, 2.45) is 0 Å². The van der Waals surface area contributed by atoms with Crippen LogP contribution in [0.15, 0.2) is 16.8 Å². The van der Waals surface area contributed by atoms with E-state index >= 15 is 0 Å². The van der Waals surface area contributed by atoms with Crippen molar-refractivity contribution in [3.8, 4) is 0 Å². The van der Waals surface area contributed by atoms with E-state index in [1.54, 1.807) is 14.0 Å². The van der Waals surface area contributed by atoms with Crippen molar-refractivity contribution in [1.29, 1.82) is 0 Å². The zero-order valence-corrected chi connectivity index (χ0v) is 12.0. The summed E-state index contributed by atoms with van der Waals surface area (Å²) in [5, 5.41) is 6.18. The highest BCUT2D eigenvalue weighted by atomic mass is 19.1. The highest BCUT2D eigenvalue weighted by Crippen LogP contribution is 2.12. The van der Waals surface area contributed by atoms with E-state index < -0.39 is 29.3 Å². The monoisotopic (exact) mass is 312 g/mol. The molecule has 2 heterocycles. The van der Waals surface area contributed by atoms with Gasteiger partial charge in [-0.2, -0.15) is 4.98 Å². The summed E-state index contributed by atoms with van der Waals surface area (Å²) < 4.78 is 36.1. The lowest BCUT2D eigenvalue weighted by atomic mass is 10.2. The highest BCUT2D eigenvalue weighted by Gasteiger charge is 2.20. The van der Waals surface area contributed by atoms with Gasteiger partial charge in [0.25, 0.3) is 5.91 Å². The first-order valence-electron chi connectivity index (χ1n) is 6.44. The summed E-state index contributed by atoms with van der Waals surface area (Å²) in [6.45, 7) is 2.03. The van der Waals surface area contributed by atoms with Gasteiger partial charge in [-0.1, -0.05) is 5.16 Å². The van der Waals surface area contributed by atoms with Gasteiger partial charge in [0.1, 0.15) is 11.9 Å². The van der Waals surface area contributed by atoms with E-state index in [1.165, 1.54) is 0 Å². The van der Waals surface area contributed by atoms with Gasteiger partial charge in [0.2, 0.25) is 5.89 Å². The number of methoxy groups -OCH3 is 1. The first-order valence-corrected chi connectivity index (χ1v) is 6.44. The molecule has 22 heavy (non-hydrogen) atoms. The van der Waals surface area contributed by atoms with Crippen molar-refractivity contribution in [3.05, 3.63) is 41.3 Å². The number of carbonyl (C=O) groups is 1. The maximum atomic E-state index is 13.5. The Kier molecular flexibility index (Phi) is 5.10. The maximum Gasteiger partial charge on any atom is 0.273 e. The molecule has 0 aliphatic carbocycles. The van der Waals surface area contributed by atoms with Gasteiger partial charge in [-0.05, 0) is 6.92 Å². The molecule has 0 radical (unpaired) electrons. The second-order valence-electron chi connectivity index (χ2n) is 4.47. The van der Waals surface area contributed by atoms with Gasteiger partial charge < -0.3 is 14.6 Å². The molecule has 1 amide bonds. The zero-order valence-electron chi connectivity index (χ0n) is 12.0. The Hall–Kier alpha value is -2.42. The number of carbonyl (C=O) groups excluding carboxylic acids is 1. The number of amides is 1. The number of hydrogen-bond acceptors (Lipinski definition) is 6. The van der Waals surface area contributed by atoms with Crippen LogP contribution in [0.4, 0.5) is 8.78 Å². The van der Waals surface area contributed by atoms with Crippen LogP contribution in [0.1, 0.15) is 35.2 Å². The fraction of sp³-hybridized carbons (Fsp3) is 0.385. The summed E-state index contributed by atoms with van der Waals surface area (Å²) in [5.41, 5.74) is -0.507. The average molecular weight is 312 g/mol. The lowest BCUT2D eigenvalue weighted by molar-refractivity contribution is 0.0922. The van der Waals surface area contributed by atoms with E-state index in [4.69, 9.17) is 9.26 Å². The van der Waals surface area contributed by atoms with E-state index in [2.05, 4.69) is 20.4 Å². The predicted octanol–water partition coefficient (Wildman–Crippen LogP) is 1.42. The molecule has 2 rings (SSSR count). The first-order chi connectivity index (χ1) is 10.5. The Morgan fingerprint density at radius 2 is 2.27 bits per heavy atom. The second kappa shape index (κ2) is 7.03. The van der Waals surface area contributed by atoms with E-state index in [1.807, 2.05) is 0 Å². The Morgan fingerprint density at radius 3 is 2.95 bits per heavy atom. The van der Waals surface area contributed by atoms with Crippen LogP contribution in [0.5, 0.6) is 0 Å². The number of nitrogens with one attached hydrogen (secondary N) is 1. The molecule has 118 valence electrons. The fourth-order valence-corrected chi connectivity index (χ4v) is 1.65. The van der Waals surface area contributed by atoms with E-state index in [9.17, 15) is 13.6 Å². The summed E-state index contributed by atoms with van der Waals surface area (Å²) in [5.74, 6) is -2.11. The molecule has 0 unspecified atom stereocenters. The number of nitrogens with zero attached hydrogens (tertiary/aromatic N) is 3. The van der Waals surface area contributed by atoms with Crippen molar-refractivity contribution in [1.82, 2.24) is 20.4 Å². The quantitative estimate of drug-likeness (QED) is 0.867. The van der Waals surface area contributed by atoms with E-state index in [0.717, 1.165) is 6.20 Å². The third-order valence-electron chi connectivity index (χ3n) is 2.75. The number of aromatic nitrogens is 3. The number of pyridine rings is 1. The summed E-state index contributed by atoms with van der Waals surface area (Å²) >= 11 is 0. The Balaban J connectivity index is 2.03. The molecule has 0 spiro atoms. The maximum absolute atomic E-state index is 13.5. The molecule has 0 aliphatic rings. The van der Waals surface area contributed by atoms with Crippen molar-refractivity contribution in [3.63, 3.8) is 0 Å². The minimum atomic E-state index is -1.05. The van der Waals surface area contributed by atoms with Gasteiger partial charge in [-0.3, -0.25) is 4.79 Å². The SMILES string of the molecule is COCCc1noc([C@H](C)NC(=O)c2ncc(F)cc2F)n1. The van der Waals surface area contributed by atoms with Gasteiger partial charge in [0, 0.05) is 19.6 Å². The molecule has 0 fully saturated rings. The molecule has 9 heteroatoms. The van der Waals surface area contributed by atoms with Crippen LogP contribution in [-0.2, 0) is 11.2 Å². The first kappa shape index (κ1) is 16.0. The van der Waals surface area contributed by atoms with Crippen LogP contribution in [0, 0.1) is 11.6 Å². The lowest BCUT2D eigenvalue weighted by Crippen LogP contribution is -2.28. The van der Waals surface area contributed by atoms with Gasteiger partial charge in [0.05, 0.1) is 12.8 Å². The minimum absolute atomic E-state index is 0.168. The second-order valence-corrected chi connectivity index (χ2v) is 4.47. The Morgan fingerprint density at radius 1 is 1.50 bits per heavy atom. The number of ether oxygens (including phenoxy) is 1. The molecule has 7 nitrogen and oxygen atoms in total. The van der Waals surface area contributed by atoms with Crippen molar-refractivity contribution in [2.75, 3.05) is 13.7 Å². The third-order valence-corrected chi connectivity index (χ3v) is 2.75. The molecule has 0 bridgehead atoms. The zero-order chi connectivity index (χ0) is 16.1. The molecule has 0 aliphatic heterocycles. The molecule has 2 aromatic heterocycles. The standard InChI is InChI=1S/C13H14F2N4O3/c1-7(13-18-10(19-22-13)3-4-21-2)17-12(20)11-9(15)5-8(14)6-16-11/h5-7H,3-4H2,1-2H3,(H,17,20)/t7-/m0/s1. The van der Waals surface area contributed by atoms with Crippen LogP contribution in [0.2, 0.25) is 0 Å². The van der Waals surface area contributed by atoms with Gasteiger partial charge in [-0.15, -0.1) is 0 Å². The summed E-state index contributed by atoms with van der Waals surface area (Å²) in [4.78, 5) is 19.4. The summed E-state index contributed by atoms with van der Waals surface area (Å²) in [6, 6.07) is -0.0650. The normalized spacial score (nSPS) is 12.2. The lowest BCUT2D eigenvalue weighted by Gasteiger charge is -2.09. The Labute approximate surface area is 124 Å². The minimum Gasteiger partial charge on any atom is -0.384 e. The largest absolute Gasteiger partial charge is 0.384 e. The van der Waals surface area contributed by atoms with Crippen molar-refractivity contribution < 1.29 is 22.8 Å². The van der Waals surface area contributed by atoms with Crippen molar-refractivity contribution in [2.45, 2.75) is 19.4 Å². The molecule has 0 saturated carbocycles. The number of halogens is 2. The van der Waals surface area contributed by atoms with Crippen LogP contribution < -0.4 is 5.32 Å². The average Bonchev–Trinajstić information content (AvgIpc) is 2.93. The fourth-order valence-electron chi connectivity index (χ4n) is 1.65. The molecule has 1 atom stereocenters. The molecule has 2 aromatic rings. The Bertz CT molecular complexity index is 662. The molecule has 0 aromatic carbocycles. The molecule has 1 N–H and O–H groups in total. The van der Waals surface area contributed by atoms with Gasteiger partial charge >= 0.3 is 0 Å². The van der Waals surface area contributed by atoms with Gasteiger partial charge in [-0.25, -0.2) is 13.8 Å². The summed E-state index contributed by atoms with van der Waals surface area (Å²) in [6.07, 6.45) is 1.23. The highest BCUT2D eigenvalue weighted by molar-refractivity contribution is 5.92. The van der Waals surface area contributed by atoms with Crippen LogP contribution in [0.25, 0.3) is 0 Å². The molecular formula is C13H14F2N4O3. The van der Waals surface area contributed by atoms with Crippen LogP contribution in [-0.4, -0.2) is 34.7 Å².